The maximum absolute atomic E-state index is 12.7. The molecule has 10 heteroatoms. The van der Waals surface area contributed by atoms with Crippen molar-refractivity contribution in [2.24, 2.45) is 0 Å². The summed E-state index contributed by atoms with van der Waals surface area (Å²) in [6.07, 6.45) is 1.76. The van der Waals surface area contributed by atoms with Gasteiger partial charge in [0.25, 0.3) is 5.91 Å². The van der Waals surface area contributed by atoms with Crippen LogP contribution >= 0.6 is 22.9 Å². The molecule has 172 valence electrons. The molecule has 1 fully saturated rings. The van der Waals surface area contributed by atoms with Crippen LogP contribution in [0.25, 0.3) is 0 Å². The van der Waals surface area contributed by atoms with Crippen molar-refractivity contribution in [3.63, 3.8) is 0 Å². The van der Waals surface area contributed by atoms with Crippen molar-refractivity contribution in [1.82, 2.24) is 20.4 Å². The molecule has 2 N–H and O–H groups in total. The molecule has 0 aliphatic carbocycles. The Morgan fingerprint density at radius 1 is 1.21 bits per heavy atom. The number of anilines is 1. The predicted octanol–water partition coefficient (Wildman–Crippen LogP) is 4.54. The van der Waals surface area contributed by atoms with E-state index in [4.69, 9.17) is 16.3 Å². The van der Waals surface area contributed by atoms with Crippen LogP contribution in [0.3, 0.4) is 0 Å². The lowest BCUT2D eigenvalue weighted by Gasteiger charge is -2.31. The van der Waals surface area contributed by atoms with Gasteiger partial charge in [-0.05, 0) is 54.8 Å². The third-order valence-corrected chi connectivity index (χ3v) is 6.71. The second kappa shape index (κ2) is 10.6. The average Bonchev–Trinajstić information content (AvgIpc) is 3.35. The fourth-order valence-electron chi connectivity index (χ4n) is 3.64. The van der Waals surface area contributed by atoms with Crippen molar-refractivity contribution in [2.45, 2.75) is 25.3 Å². The van der Waals surface area contributed by atoms with Crippen molar-refractivity contribution < 1.29 is 14.3 Å². The lowest BCUT2D eigenvalue weighted by atomic mass is 9.99. The van der Waals surface area contributed by atoms with Gasteiger partial charge in [0.15, 0.2) is 0 Å². The maximum Gasteiger partial charge on any atom is 0.317 e. The van der Waals surface area contributed by atoms with Crippen molar-refractivity contribution in [2.75, 3.05) is 25.5 Å². The standard InChI is InChI=1S/C23H24ClN5O3S/c1-32-19-6-2-4-15(12-19)13-25-23(31)29-11-3-5-16(14-29)21-27-28-22(33-21)20(30)26-18-9-7-17(24)8-10-18/h2,4,6-10,12,16H,3,5,11,13-14H2,1H3,(H,25,31)(H,26,30)/t16-/m1/s1. The molecule has 0 saturated carbocycles. The highest BCUT2D eigenvalue weighted by molar-refractivity contribution is 7.13. The molecule has 1 aliphatic rings. The molecule has 1 aliphatic heterocycles. The minimum absolute atomic E-state index is 0.0518. The minimum atomic E-state index is -0.315. The van der Waals surface area contributed by atoms with Crippen LogP contribution in [0.15, 0.2) is 48.5 Å². The van der Waals surface area contributed by atoms with E-state index >= 15 is 0 Å². The van der Waals surface area contributed by atoms with E-state index in [1.165, 1.54) is 11.3 Å². The number of carbonyl (C=O) groups excluding carboxylic acids is 2. The van der Waals surface area contributed by atoms with Gasteiger partial charge in [-0.3, -0.25) is 4.79 Å². The Morgan fingerprint density at radius 3 is 2.82 bits per heavy atom. The van der Waals surface area contributed by atoms with Crippen molar-refractivity contribution in [1.29, 1.82) is 0 Å². The van der Waals surface area contributed by atoms with E-state index < -0.39 is 0 Å². The molecule has 3 aromatic rings. The smallest absolute Gasteiger partial charge is 0.317 e. The number of likely N-dealkylation sites (tertiary alicyclic amines) is 1. The number of methoxy groups -OCH3 is 1. The average molecular weight is 486 g/mol. The monoisotopic (exact) mass is 485 g/mol. The van der Waals surface area contributed by atoms with Crippen molar-refractivity contribution in [3.05, 3.63) is 69.1 Å². The summed E-state index contributed by atoms with van der Waals surface area (Å²) in [6, 6.07) is 14.4. The minimum Gasteiger partial charge on any atom is -0.497 e. The lowest BCUT2D eigenvalue weighted by molar-refractivity contribution is 0.102. The van der Waals surface area contributed by atoms with Crippen LogP contribution in [0.2, 0.25) is 5.02 Å². The summed E-state index contributed by atoms with van der Waals surface area (Å²) in [7, 11) is 1.62. The van der Waals surface area contributed by atoms with Crippen LogP contribution in [0, 0.1) is 0 Å². The second-order valence-electron chi connectivity index (χ2n) is 7.70. The van der Waals surface area contributed by atoms with E-state index in [1.807, 2.05) is 24.3 Å². The Balaban J connectivity index is 1.33. The molecule has 33 heavy (non-hydrogen) atoms. The molecule has 0 unspecified atom stereocenters. The Hall–Kier alpha value is -3.17. The number of carbonyl (C=O) groups is 2. The number of hydrogen-bond donors (Lipinski definition) is 2. The van der Waals surface area contributed by atoms with Crippen LogP contribution in [0.1, 0.15) is 39.1 Å². The van der Waals surface area contributed by atoms with Gasteiger partial charge in [0.2, 0.25) is 5.01 Å². The molecule has 1 saturated heterocycles. The zero-order valence-corrected chi connectivity index (χ0v) is 19.7. The molecule has 2 heterocycles. The number of piperidine rings is 1. The van der Waals surface area contributed by atoms with E-state index in [1.54, 1.807) is 36.3 Å². The highest BCUT2D eigenvalue weighted by atomic mass is 35.5. The number of aromatic nitrogens is 2. The number of amides is 3. The Bertz CT molecular complexity index is 1120. The first-order chi connectivity index (χ1) is 16.0. The van der Waals surface area contributed by atoms with Crippen LogP contribution in [0.5, 0.6) is 5.75 Å². The van der Waals surface area contributed by atoms with Gasteiger partial charge in [0.1, 0.15) is 10.8 Å². The normalized spacial score (nSPS) is 15.7. The Labute approximate surface area is 200 Å². The Morgan fingerprint density at radius 2 is 2.03 bits per heavy atom. The summed E-state index contributed by atoms with van der Waals surface area (Å²) < 4.78 is 5.23. The number of benzene rings is 2. The summed E-state index contributed by atoms with van der Waals surface area (Å²) in [5, 5.41) is 15.7. The van der Waals surface area contributed by atoms with Crippen LogP contribution in [-0.2, 0) is 6.54 Å². The van der Waals surface area contributed by atoms with Gasteiger partial charge in [-0.2, -0.15) is 0 Å². The highest BCUT2D eigenvalue weighted by Crippen LogP contribution is 2.29. The summed E-state index contributed by atoms with van der Waals surface area (Å²) >= 11 is 7.15. The molecule has 1 aromatic heterocycles. The molecule has 0 spiro atoms. The quantitative estimate of drug-likeness (QED) is 0.534. The number of urea groups is 1. The first kappa shape index (κ1) is 23.0. The summed E-state index contributed by atoms with van der Waals surface area (Å²) in [6.45, 7) is 1.64. The third-order valence-electron chi connectivity index (χ3n) is 5.37. The predicted molar refractivity (Wildman–Crippen MR) is 128 cm³/mol. The van der Waals surface area contributed by atoms with E-state index in [-0.39, 0.29) is 17.9 Å². The maximum atomic E-state index is 12.7. The largest absolute Gasteiger partial charge is 0.497 e. The fourth-order valence-corrected chi connectivity index (χ4v) is 4.63. The molecular weight excluding hydrogens is 462 g/mol. The molecule has 0 radical (unpaired) electrons. The molecule has 1 atom stereocenters. The number of nitrogens with zero attached hydrogens (tertiary/aromatic N) is 3. The van der Waals surface area contributed by atoms with E-state index in [9.17, 15) is 9.59 Å². The molecule has 4 rings (SSSR count). The van der Waals surface area contributed by atoms with E-state index in [0.29, 0.717) is 35.4 Å². The topological polar surface area (TPSA) is 96.4 Å². The summed E-state index contributed by atoms with van der Waals surface area (Å²) in [5.41, 5.74) is 1.61. The van der Waals surface area contributed by atoms with Gasteiger partial charge in [0, 0.05) is 36.3 Å². The molecule has 0 bridgehead atoms. The van der Waals surface area contributed by atoms with Gasteiger partial charge in [-0.15, -0.1) is 10.2 Å². The van der Waals surface area contributed by atoms with Crippen molar-refractivity contribution >= 4 is 40.6 Å². The van der Waals surface area contributed by atoms with Gasteiger partial charge in [0.05, 0.1) is 7.11 Å². The SMILES string of the molecule is COc1cccc(CNC(=O)N2CCC[C@@H](c3nnc(C(=O)Nc4ccc(Cl)cc4)s3)C2)c1. The lowest BCUT2D eigenvalue weighted by Crippen LogP contribution is -2.44. The number of ether oxygens (including phenoxy) is 1. The summed E-state index contributed by atoms with van der Waals surface area (Å²) in [4.78, 5) is 27.0. The van der Waals surface area contributed by atoms with Crippen LogP contribution in [-0.4, -0.2) is 47.2 Å². The zero-order valence-electron chi connectivity index (χ0n) is 18.1. The number of rotatable bonds is 6. The number of hydrogen-bond acceptors (Lipinski definition) is 6. The molecular formula is C23H24ClN5O3S. The first-order valence-electron chi connectivity index (χ1n) is 10.6. The van der Waals surface area contributed by atoms with E-state index in [0.717, 1.165) is 29.2 Å². The van der Waals surface area contributed by atoms with Gasteiger partial charge in [-0.25, -0.2) is 4.79 Å². The van der Waals surface area contributed by atoms with Gasteiger partial charge < -0.3 is 20.3 Å². The van der Waals surface area contributed by atoms with Crippen LogP contribution < -0.4 is 15.4 Å². The van der Waals surface area contributed by atoms with Crippen LogP contribution in [0.4, 0.5) is 10.5 Å². The number of nitrogens with one attached hydrogen (secondary N) is 2. The van der Waals surface area contributed by atoms with Crippen molar-refractivity contribution in [3.8, 4) is 5.75 Å². The molecule has 8 nitrogen and oxygen atoms in total. The fraction of sp³-hybridized carbons (Fsp3) is 0.304. The second-order valence-corrected chi connectivity index (χ2v) is 9.15. The summed E-state index contributed by atoms with van der Waals surface area (Å²) in [5.74, 6) is 0.493. The highest BCUT2D eigenvalue weighted by Gasteiger charge is 2.28. The van der Waals surface area contributed by atoms with Gasteiger partial charge >= 0.3 is 6.03 Å². The third kappa shape index (κ3) is 6.00. The Kier molecular flexibility index (Phi) is 7.41. The molecule has 3 amide bonds. The van der Waals surface area contributed by atoms with E-state index in [2.05, 4.69) is 20.8 Å². The molecule has 2 aromatic carbocycles. The zero-order chi connectivity index (χ0) is 23.2. The first-order valence-corrected chi connectivity index (χ1v) is 11.8. The number of halogens is 1. The van der Waals surface area contributed by atoms with Gasteiger partial charge in [-0.1, -0.05) is 35.1 Å².